The van der Waals surface area contributed by atoms with E-state index in [1.807, 2.05) is 41.8 Å². The number of anilines is 1. The number of rotatable bonds is 3. The molecule has 0 bridgehead atoms. The van der Waals surface area contributed by atoms with E-state index in [2.05, 4.69) is 12.1 Å². The number of halogens is 1. The summed E-state index contributed by atoms with van der Waals surface area (Å²) in [5, 5.41) is 2.45. The zero-order chi connectivity index (χ0) is 15.5. The first-order chi connectivity index (χ1) is 10.7. The van der Waals surface area contributed by atoms with Crippen molar-refractivity contribution < 1.29 is 4.79 Å². The van der Waals surface area contributed by atoms with E-state index in [9.17, 15) is 4.79 Å². The number of carbonyl (C=O) groups excluding carboxylic acids is 1. The van der Waals surface area contributed by atoms with Crippen molar-refractivity contribution in [1.29, 1.82) is 0 Å². The minimum Gasteiger partial charge on any atom is -0.311 e. The van der Waals surface area contributed by atoms with E-state index in [0.29, 0.717) is 10.6 Å². The molecule has 3 rings (SSSR count). The number of benzene rings is 2. The Morgan fingerprint density at radius 2 is 1.73 bits per heavy atom. The minimum atomic E-state index is -0.108. The summed E-state index contributed by atoms with van der Waals surface area (Å²) in [6.07, 6.45) is 0. The highest BCUT2D eigenvalue weighted by Gasteiger charge is 2.17. The second-order valence-corrected chi connectivity index (χ2v) is 6.20. The molecule has 0 saturated heterocycles. The van der Waals surface area contributed by atoms with Crippen LogP contribution in [0.1, 0.15) is 10.4 Å². The van der Waals surface area contributed by atoms with Gasteiger partial charge in [-0.15, -0.1) is 11.3 Å². The van der Waals surface area contributed by atoms with E-state index >= 15 is 0 Å². The van der Waals surface area contributed by atoms with Gasteiger partial charge in [-0.25, -0.2) is 0 Å². The Bertz CT molecular complexity index is 798. The molecule has 2 nitrogen and oxygen atoms in total. The second kappa shape index (κ2) is 6.34. The maximum Gasteiger partial charge on any atom is 0.259 e. The highest BCUT2D eigenvalue weighted by Crippen LogP contribution is 2.32. The van der Waals surface area contributed by atoms with Crippen LogP contribution in [0.4, 0.5) is 5.69 Å². The van der Waals surface area contributed by atoms with Crippen molar-refractivity contribution in [3.8, 4) is 10.4 Å². The van der Waals surface area contributed by atoms with Crippen LogP contribution >= 0.6 is 22.9 Å². The SMILES string of the molecule is CN(C(=O)c1ccccc1Cl)c1csc(-c2ccccc2)c1. The van der Waals surface area contributed by atoms with E-state index in [4.69, 9.17) is 11.6 Å². The standard InChI is InChI=1S/C18H14ClNOS/c1-20(18(21)15-9-5-6-10-16(15)19)14-11-17(22-12-14)13-7-3-2-4-8-13/h2-12H,1H3. The van der Waals surface area contributed by atoms with Crippen molar-refractivity contribution in [3.63, 3.8) is 0 Å². The molecule has 0 fully saturated rings. The van der Waals surface area contributed by atoms with Crippen molar-refractivity contribution in [2.75, 3.05) is 11.9 Å². The molecule has 4 heteroatoms. The van der Waals surface area contributed by atoms with Gasteiger partial charge in [-0.05, 0) is 23.8 Å². The molecule has 0 N–H and O–H groups in total. The van der Waals surface area contributed by atoms with Crippen LogP contribution in [-0.4, -0.2) is 13.0 Å². The highest BCUT2D eigenvalue weighted by molar-refractivity contribution is 7.14. The second-order valence-electron chi connectivity index (χ2n) is 4.88. The fraction of sp³-hybridized carbons (Fsp3) is 0.0556. The lowest BCUT2D eigenvalue weighted by molar-refractivity contribution is 0.0993. The molecule has 1 amide bonds. The molecule has 0 aliphatic rings. The number of hydrogen-bond acceptors (Lipinski definition) is 2. The number of hydrogen-bond donors (Lipinski definition) is 0. The van der Waals surface area contributed by atoms with Gasteiger partial charge in [0.15, 0.2) is 0 Å². The van der Waals surface area contributed by atoms with Crippen molar-refractivity contribution >= 4 is 34.5 Å². The maximum absolute atomic E-state index is 12.6. The fourth-order valence-corrected chi connectivity index (χ4v) is 3.34. The molecule has 0 saturated carbocycles. The lowest BCUT2D eigenvalue weighted by Gasteiger charge is -2.16. The van der Waals surface area contributed by atoms with Gasteiger partial charge in [-0.1, -0.05) is 54.1 Å². The lowest BCUT2D eigenvalue weighted by Crippen LogP contribution is -2.25. The van der Waals surface area contributed by atoms with E-state index in [1.54, 1.807) is 35.4 Å². The van der Waals surface area contributed by atoms with Gasteiger partial charge >= 0.3 is 0 Å². The molecule has 0 unspecified atom stereocenters. The third kappa shape index (κ3) is 2.91. The molecule has 1 heterocycles. The summed E-state index contributed by atoms with van der Waals surface area (Å²) >= 11 is 7.73. The van der Waals surface area contributed by atoms with Gasteiger partial charge in [0.2, 0.25) is 0 Å². The summed E-state index contributed by atoms with van der Waals surface area (Å²) in [5.74, 6) is -0.108. The van der Waals surface area contributed by atoms with E-state index in [0.717, 1.165) is 16.1 Å². The van der Waals surface area contributed by atoms with Crippen LogP contribution in [0.3, 0.4) is 0 Å². The van der Waals surface area contributed by atoms with Crippen LogP contribution in [-0.2, 0) is 0 Å². The van der Waals surface area contributed by atoms with Crippen LogP contribution in [0.25, 0.3) is 10.4 Å². The molecule has 0 aliphatic carbocycles. The van der Waals surface area contributed by atoms with Gasteiger partial charge in [0, 0.05) is 17.3 Å². The molecule has 1 aromatic heterocycles. The summed E-state index contributed by atoms with van der Waals surface area (Å²) in [7, 11) is 1.77. The smallest absolute Gasteiger partial charge is 0.259 e. The zero-order valence-electron chi connectivity index (χ0n) is 12.0. The first kappa shape index (κ1) is 14.8. The van der Waals surface area contributed by atoms with Gasteiger partial charge in [-0.2, -0.15) is 0 Å². The molecule has 110 valence electrons. The van der Waals surface area contributed by atoms with Crippen molar-refractivity contribution in [2.24, 2.45) is 0 Å². The third-order valence-corrected chi connectivity index (χ3v) is 4.74. The fourth-order valence-electron chi connectivity index (χ4n) is 2.19. The lowest BCUT2D eigenvalue weighted by atomic mass is 10.1. The van der Waals surface area contributed by atoms with Gasteiger partial charge < -0.3 is 4.90 Å². The molecule has 0 aliphatic heterocycles. The molecule has 0 atom stereocenters. The van der Waals surface area contributed by atoms with Gasteiger partial charge in [-0.3, -0.25) is 4.79 Å². The maximum atomic E-state index is 12.6. The van der Waals surface area contributed by atoms with Crippen LogP contribution in [0, 0.1) is 0 Å². The predicted octanol–water partition coefficient (Wildman–Crippen LogP) is 5.35. The molecular weight excluding hydrogens is 314 g/mol. The van der Waals surface area contributed by atoms with Crippen molar-refractivity contribution in [1.82, 2.24) is 0 Å². The topological polar surface area (TPSA) is 20.3 Å². The summed E-state index contributed by atoms with van der Waals surface area (Å²) in [6, 6.07) is 19.3. The van der Waals surface area contributed by atoms with E-state index in [-0.39, 0.29) is 5.91 Å². The third-order valence-electron chi connectivity index (χ3n) is 3.44. The molecule has 2 aromatic carbocycles. The van der Waals surface area contributed by atoms with Crippen LogP contribution in [0.15, 0.2) is 66.0 Å². The van der Waals surface area contributed by atoms with Gasteiger partial charge in [0.25, 0.3) is 5.91 Å². The van der Waals surface area contributed by atoms with E-state index < -0.39 is 0 Å². The molecule has 0 spiro atoms. The Labute approximate surface area is 138 Å². The summed E-state index contributed by atoms with van der Waals surface area (Å²) in [4.78, 5) is 15.3. The van der Waals surface area contributed by atoms with Crippen LogP contribution in [0.2, 0.25) is 5.02 Å². The Balaban J connectivity index is 1.87. The average molecular weight is 328 g/mol. The first-order valence-corrected chi connectivity index (χ1v) is 8.09. The number of amides is 1. The summed E-state index contributed by atoms with van der Waals surface area (Å²) in [5.41, 5.74) is 2.53. The molecule has 3 aromatic rings. The molecule has 0 radical (unpaired) electrons. The van der Waals surface area contributed by atoms with Crippen molar-refractivity contribution in [2.45, 2.75) is 0 Å². The Kier molecular flexibility index (Phi) is 4.27. The summed E-state index contributed by atoms with van der Waals surface area (Å²) < 4.78 is 0. The minimum absolute atomic E-state index is 0.108. The monoisotopic (exact) mass is 327 g/mol. The van der Waals surface area contributed by atoms with Crippen molar-refractivity contribution in [3.05, 3.63) is 76.6 Å². The van der Waals surface area contributed by atoms with Crippen LogP contribution < -0.4 is 4.90 Å². The Morgan fingerprint density at radius 1 is 1.05 bits per heavy atom. The first-order valence-electron chi connectivity index (χ1n) is 6.83. The zero-order valence-corrected chi connectivity index (χ0v) is 13.6. The largest absolute Gasteiger partial charge is 0.311 e. The number of thiophene rings is 1. The molecule has 22 heavy (non-hydrogen) atoms. The van der Waals surface area contributed by atoms with E-state index in [1.165, 1.54) is 0 Å². The number of nitrogens with zero attached hydrogens (tertiary/aromatic N) is 1. The van der Waals surface area contributed by atoms with Crippen LogP contribution in [0.5, 0.6) is 0 Å². The predicted molar refractivity (Wildman–Crippen MR) is 93.9 cm³/mol. The number of carbonyl (C=O) groups is 1. The average Bonchev–Trinajstić information content (AvgIpc) is 3.05. The Morgan fingerprint density at radius 3 is 2.45 bits per heavy atom. The Hall–Kier alpha value is -2.10. The highest BCUT2D eigenvalue weighted by atomic mass is 35.5. The summed E-state index contributed by atoms with van der Waals surface area (Å²) in [6.45, 7) is 0. The molecular formula is C18H14ClNOS. The van der Waals surface area contributed by atoms with Gasteiger partial charge in [0.05, 0.1) is 16.3 Å². The quantitative estimate of drug-likeness (QED) is 0.635. The normalized spacial score (nSPS) is 10.5. The van der Waals surface area contributed by atoms with Gasteiger partial charge in [0.1, 0.15) is 0 Å².